The monoisotopic (exact) mass is 539 g/mol. The highest BCUT2D eigenvalue weighted by molar-refractivity contribution is 6.50. The second kappa shape index (κ2) is 11.8. The van der Waals surface area contributed by atoms with Gasteiger partial charge >= 0.3 is 13.2 Å². The Bertz CT molecular complexity index is 1600. The van der Waals surface area contributed by atoms with Gasteiger partial charge in [-0.05, 0) is 42.5 Å². The van der Waals surface area contributed by atoms with E-state index in [1.165, 1.54) is 0 Å². The molecule has 0 aliphatic heterocycles. The van der Waals surface area contributed by atoms with Crippen molar-refractivity contribution in [2.45, 2.75) is 0 Å². The van der Waals surface area contributed by atoms with Crippen molar-refractivity contribution in [2.75, 3.05) is 0 Å². The van der Waals surface area contributed by atoms with Gasteiger partial charge in [0.1, 0.15) is 17.1 Å². The van der Waals surface area contributed by atoms with Gasteiger partial charge in [0.2, 0.25) is 11.0 Å². The number of hydrogen-bond acceptors (Lipinski definition) is 3. The van der Waals surface area contributed by atoms with Crippen LogP contribution in [0.15, 0.2) is 114 Å². The number of carbonyl (C=O) groups excluding carboxylic acids is 1. The van der Waals surface area contributed by atoms with Crippen LogP contribution in [0, 0.1) is 0 Å². The lowest BCUT2D eigenvalue weighted by Gasteiger charge is -2.04. The van der Waals surface area contributed by atoms with Crippen LogP contribution in [-0.2, 0) is 0 Å². The average Bonchev–Trinajstić information content (AvgIpc) is 2.90. The smallest absolute Gasteiger partial charge is 0.456 e. The molecular formula is C28H19BClF4NO3. The first-order valence-corrected chi connectivity index (χ1v) is 11.7. The van der Waals surface area contributed by atoms with Gasteiger partial charge < -0.3 is 26.4 Å². The molecule has 0 spiro atoms. The Balaban J connectivity index is 0.000000617. The van der Waals surface area contributed by atoms with E-state index in [-0.39, 0.29) is 0 Å². The molecule has 0 saturated carbocycles. The molecule has 1 heterocycles. The van der Waals surface area contributed by atoms with E-state index in [0.717, 1.165) is 33.3 Å². The Morgan fingerprint density at radius 1 is 0.789 bits per heavy atom. The summed E-state index contributed by atoms with van der Waals surface area (Å²) in [5, 5.41) is 2.34. The number of ether oxygens (including phenoxy) is 1. The first-order chi connectivity index (χ1) is 18.2. The zero-order valence-electron chi connectivity index (χ0n) is 19.6. The molecule has 1 N–H and O–H groups in total. The number of rotatable bonds is 4. The lowest BCUT2D eigenvalue weighted by molar-refractivity contribution is -0.400. The maximum Gasteiger partial charge on any atom is 0.673 e. The standard InChI is InChI=1S/C28H18ClNO3.BF4/c29-21-11-16-26-24(17-21)25(18-27(33-26)19-7-3-1-4-8-19)30-22-12-14-23(15-13-22)32-28(31)20-9-5-2-6-10-20;2-1(3,4)5/h1-18H;/q;-1/p+1. The lowest BCUT2D eigenvalue weighted by atomic mass is 10.1. The second-order valence-electron chi connectivity index (χ2n) is 7.93. The molecular weight excluding hydrogens is 521 g/mol. The Morgan fingerprint density at radius 2 is 1.39 bits per heavy atom. The molecule has 0 fully saturated rings. The molecule has 5 rings (SSSR count). The molecule has 1 aromatic heterocycles. The van der Waals surface area contributed by atoms with E-state index >= 15 is 0 Å². The van der Waals surface area contributed by atoms with Crippen LogP contribution in [0.3, 0.4) is 0 Å². The summed E-state index contributed by atoms with van der Waals surface area (Å²) in [7, 11) is -6.00. The minimum Gasteiger partial charge on any atom is -0.456 e. The van der Waals surface area contributed by atoms with Crippen LogP contribution in [0.2, 0.25) is 5.02 Å². The van der Waals surface area contributed by atoms with Crippen LogP contribution in [0.1, 0.15) is 10.4 Å². The maximum atomic E-state index is 12.3. The van der Waals surface area contributed by atoms with Gasteiger partial charge in [0.15, 0.2) is 0 Å². The van der Waals surface area contributed by atoms with Crippen LogP contribution in [-0.4, -0.2) is 13.2 Å². The molecule has 0 bridgehead atoms. The third kappa shape index (κ3) is 7.57. The van der Waals surface area contributed by atoms with E-state index in [9.17, 15) is 22.1 Å². The van der Waals surface area contributed by atoms with Gasteiger partial charge in [0, 0.05) is 22.7 Å². The highest BCUT2D eigenvalue weighted by Crippen LogP contribution is 2.23. The molecule has 38 heavy (non-hydrogen) atoms. The van der Waals surface area contributed by atoms with Crippen molar-refractivity contribution in [3.8, 4) is 17.1 Å². The Morgan fingerprint density at radius 3 is 2.03 bits per heavy atom. The second-order valence-corrected chi connectivity index (χ2v) is 8.37. The summed E-state index contributed by atoms with van der Waals surface area (Å²) < 4.78 is 50.6. The minimum absolute atomic E-state index is 0.394. The molecule has 0 radical (unpaired) electrons. The molecule has 4 nitrogen and oxygen atoms in total. The first-order valence-electron chi connectivity index (χ1n) is 11.3. The molecule has 10 heteroatoms. The van der Waals surface area contributed by atoms with E-state index in [4.69, 9.17) is 20.8 Å². The summed E-state index contributed by atoms with van der Waals surface area (Å²) in [6.45, 7) is 0. The molecule has 0 amide bonds. The Hall–Kier alpha value is -4.37. The van der Waals surface area contributed by atoms with Crippen LogP contribution >= 0.6 is 11.6 Å². The zero-order valence-corrected chi connectivity index (χ0v) is 20.3. The van der Waals surface area contributed by atoms with Crippen molar-refractivity contribution >= 4 is 41.5 Å². The molecule has 0 saturated heterocycles. The van der Waals surface area contributed by atoms with Gasteiger partial charge in [-0.1, -0.05) is 60.1 Å². The molecule has 0 atom stereocenters. The largest absolute Gasteiger partial charge is 0.673 e. The molecule has 192 valence electrons. The molecule has 0 aliphatic rings. The minimum atomic E-state index is -6.00. The van der Waals surface area contributed by atoms with E-state index in [0.29, 0.717) is 16.3 Å². The van der Waals surface area contributed by atoms with Gasteiger partial charge in [-0.15, -0.1) is 0 Å². The first kappa shape index (κ1) is 26.7. The maximum absolute atomic E-state index is 12.3. The van der Waals surface area contributed by atoms with Gasteiger partial charge in [-0.25, -0.2) is 9.79 Å². The predicted molar refractivity (Wildman–Crippen MR) is 138 cm³/mol. The lowest BCUT2D eigenvalue weighted by Crippen LogP contribution is -2.70. The van der Waals surface area contributed by atoms with Crippen LogP contribution in [0.4, 0.5) is 23.0 Å². The van der Waals surface area contributed by atoms with Gasteiger partial charge in [-0.2, -0.15) is 0 Å². The molecule has 0 aliphatic carbocycles. The van der Waals surface area contributed by atoms with E-state index in [2.05, 4.69) is 4.99 Å². The highest BCUT2D eigenvalue weighted by Gasteiger charge is 2.20. The number of halogens is 5. The van der Waals surface area contributed by atoms with Crippen LogP contribution in [0.25, 0.3) is 22.3 Å². The van der Waals surface area contributed by atoms with E-state index < -0.39 is 13.2 Å². The quantitative estimate of drug-likeness (QED) is 0.121. The number of benzene rings is 4. The SMILES string of the molecule is F[B-](F)(F)F.O=C(Oc1ccc([NH+]=c2cc(-c3ccccc3)oc3ccc(Cl)cc23)cc1)c1ccccc1. The van der Waals surface area contributed by atoms with Crippen molar-refractivity contribution in [2.24, 2.45) is 0 Å². The van der Waals surface area contributed by atoms with Crippen molar-refractivity contribution in [3.63, 3.8) is 0 Å². The third-order valence-corrected chi connectivity index (χ3v) is 5.37. The van der Waals surface area contributed by atoms with Crippen molar-refractivity contribution in [1.29, 1.82) is 0 Å². The number of nitrogens with one attached hydrogen (secondary N) is 1. The van der Waals surface area contributed by atoms with Gasteiger partial charge in [-0.3, -0.25) is 0 Å². The summed E-state index contributed by atoms with van der Waals surface area (Å²) in [4.78, 5) is 15.7. The van der Waals surface area contributed by atoms with Crippen molar-refractivity contribution < 1.29 is 36.2 Å². The summed E-state index contributed by atoms with van der Waals surface area (Å²) in [5.74, 6) is 0.811. The van der Waals surface area contributed by atoms with E-state index in [1.54, 1.807) is 36.4 Å². The summed E-state index contributed by atoms with van der Waals surface area (Å²) in [6.07, 6.45) is 0. The summed E-state index contributed by atoms with van der Waals surface area (Å²) in [6, 6.07) is 33.5. The van der Waals surface area contributed by atoms with Gasteiger partial charge in [0.05, 0.1) is 17.0 Å². The third-order valence-electron chi connectivity index (χ3n) is 5.14. The number of fused-ring (bicyclic) bond motifs is 1. The van der Waals surface area contributed by atoms with Crippen molar-refractivity contribution in [3.05, 3.63) is 125 Å². The average molecular weight is 540 g/mol. The Kier molecular flexibility index (Phi) is 8.28. The van der Waals surface area contributed by atoms with Gasteiger partial charge in [0.25, 0.3) is 0 Å². The highest BCUT2D eigenvalue weighted by atomic mass is 35.5. The molecule has 5 aromatic rings. The molecule has 0 unspecified atom stereocenters. The fraction of sp³-hybridized carbons (Fsp3) is 0. The topological polar surface area (TPSA) is 53.4 Å². The fourth-order valence-corrected chi connectivity index (χ4v) is 3.68. The fourth-order valence-electron chi connectivity index (χ4n) is 3.51. The number of carbonyl (C=O) groups is 1. The van der Waals surface area contributed by atoms with Crippen LogP contribution in [0.5, 0.6) is 5.75 Å². The summed E-state index contributed by atoms with van der Waals surface area (Å²) in [5.41, 5.74) is 3.03. The van der Waals surface area contributed by atoms with E-state index in [1.807, 2.05) is 72.8 Å². The predicted octanol–water partition coefficient (Wildman–Crippen LogP) is 6.59. The zero-order chi connectivity index (χ0) is 27.1. The van der Waals surface area contributed by atoms with Crippen LogP contribution < -0.4 is 15.1 Å². The van der Waals surface area contributed by atoms with Crippen molar-refractivity contribution in [1.82, 2.24) is 0 Å². The number of hydrogen-bond donors (Lipinski definition) is 1. The normalized spacial score (nSPS) is 11.6. The Labute approximate surface area is 219 Å². The molecule has 4 aromatic carbocycles. The number of esters is 1. The summed E-state index contributed by atoms with van der Waals surface area (Å²) >= 11 is 6.25.